The van der Waals surface area contributed by atoms with Crippen molar-refractivity contribution >= 4 is 12.0 Å². The van der Waals surface area contributed by atoms with Gasteiger partial charge < -0.3 is 15.3 Å². The van der Waals surface area contributed by atoms with Crippen LogP contribution in [0.5, 0.6) is 0 Å². The number of aliphatic carboxylic acids is 1. The second kappa shape index (κ2) is 6.78. The van der Waals surface area contributed by atoms with Crippen LogP contribution < -0.4 is 5.32 Å². The first kappa shape index (κ1) is 15.8. The molecule has 19 heavy (non-hydrogen) atoms. The van der Waals surface area contributed by atoms with Crippen LogP contribution in [0.25, 0.3) is 0 Å². The quantitative estimate of drug-likeness (QED) is 0.806. The standard InChI is InChI=1S/C14H26N2O3/c1-14(2,10-9-12(17)18)15-13(19)16(3)11-7-5-4-6-8-11/h11H,4-10H2,1-3H3,(H,15,19)(H,17,18). The summed E-state index contributed by atoms with van der Waals surface area (Å²) in [4.78, 5) is 24.5. The molecule has 0 radical (unpaired) electrons. The van der Waals surface area contributed by atoms with Crippen molar-refractivity contribution in [1.82, 2.24) is 10.2 Å². The van der Waals surface area contributed by atoms with E-state index in [4.69, 9.17) is 5.11 Å². The maximum absolute atomic E-state index is 12.2. The Morgan fingerprint density at radius 2 is 1.84 bits per heavy atom. The molecule has 0 heterocycles. The Labute approximate surface area is 115 Å². The highest BCUT2D eigenvalue weighted by Gasteiger charge is 2.27. The number of nitrogens with zero attached hydrogens (tertiary/aromatic N) is 1. The summed E-state index contributed by atoms with van der Waals surface area (Å²) in [6, 6.07) is 0.228. The number of amides is 2. The monoisotopic (exact) mass is 270 g/mol. The van der Waals surface area contributed by atoms with Crippen molar-refractivity contribution in [2.24, 2.45) is 0 Å². The largest absolute Gasteiger partial charge is 0.481 e. The minimum Gasteiger partial charge on any atom is -0.481 e. The van der Waals surface area contributed by atoms with Gasteiger partial charge in [0.15, 0.2) is 0 Å². The van der Waals surface area contributed by atoms with Crippen LogP contribution in [-0.2, 0) is 4.79 Å². The maximum Gasteiger partial charge on any atom is 0.317 e. The molecule has 1 rings (SSSR count). The van der Waals surface area contributed by atoms with Crippen LogP contribution in [0.15, 0.2) is 0 Å². The number of carboxylic acids is 1. The van der Waals surface area contributed by atoms with E-state index in [1.54, 1.807) is 4.90 Å². The molecule has 0 bridgehead atoms. The van der Waals surface area contributed by atoms with Crippen LogP contribution in [0.3, 0.4) is 0 Å². The molecular weight excluding hydrogens is 244 g/mol. The third-order valence-corrected chi connectivity index (χ3v) is 3.85. The number of hydrogen-bond acceptors (Lipinski definition) is 2. The highest BCUT2D eigenvalue weighted by atomic mass is 16.4. The Balaban J connectivity index is 2.45. The van der Waals surface area contributed by atoms with Crippen molar-refractivity contribution in [2.45, 2.75) is 70.4 Å². The fourth-order valence-electron chi connectivity index (χ4n) is 2.49. The van der Waals surface area contributed by atoms with Gasteiger partial charge in [-0.3, -0.25) is 4.79 Å². The summed E-state index contributed by atoms with van der Waals surface area (Å²) in [5.74, 6) is -0.831. The van der Waals surface area contributed by atoms with Crippen LogP contribution in [-0.4, -0.2) is 40.6 Å². The number of hydrogen-bond donors (Lipinski definition) is 2. The Morgan fingerprint density at radius 3 is 2.37 bits per heavy atom. The minimum atomic E-state index is -0.831. The molecule has 2 amide bonds. The zero-order valence-corrected chi connectivity index (χ0v) is 12.2. The first-order chi connectivity index (χ1) is 8.82. The lowest BCUT2D eigenvalue weighted by molar-refractivity contribution is -0.137. The first-order valence-corrected chi connectivity index (χ1v) is 7.08. The van der Waals surface area contributed by atoms with Gasteiger partial charge >= 0.3 is 12.0 Å². The number of carboxylic acid groups (broad SMARTS) is 1. The van der Waals surface area contributed by atoms with Crippen molar-refractivity contribution in [3.8, 4) is 0 Å². The number of rotatable bonds is 5. The molecule has 5 heteroatoms. The Morgan fingerprint density at radius 1 is 1.26 bits per heavy atom. The van der Waals surface area contributed by atoms with Gasteiger partial charge in [0.25, 0.3) is 0 Å². The molecule has 0 aromatic carbocycles. The van der Waals surface area contributed by atoms with Gasteiger partial charge in [-0.05, 0) is 33.1 Å². The summed E-state index contributed by atoms with van der Waals surface area (Å²) >= 11 is 0. The Kier molecular flexibility index (Phi) is 5.63. The number of carbonyl (C=O) groups excluding carboxylic acids is 1. The molecule has 0 atom stereocenters. The van der Waals surface area contributed by atoms with Crippen molar-refractivity contribution in [3.63, 3.8) is 0 Å². The lowest BCUT2D eigenvalue weighted by Gasteiger charge is -2.34. The third-order valence-electron chi connectivity index (χ3n) is 3.85. The lowest BCUT2D eigenvalue weighted by Crippen LogP contribution is -2.52. The molecule has 0 unspecified atom stereocenters. The van der Waals surface area contributed by atoms with E-state index in [2.05, 4.69) is 5.32 Å². The van der Waals surface area contributed by atoms with E-state index in [1.807, 2.05) is 20.9 Å². The molecule has 0 saturated heterocycles. The van der Waals surface area contributed by atoms with Gasteiger partial charge in [0, 0.05) is 25.0 Å². The van der Waals surface area contributed by atoms with E-state index in [9.17, 15) is 9.59 Å². The molecular formula is C14H26N2O3. The van der Waals surface area contributed by atoms with Crippen LogP contribution in [0.1, 0.15) is 58.8 Å². The van der Waals surface area contributed by atoms with Gasteiger partial charge in [0.1, 0.15) is 0 Å². The Bertz CT molecular complexity index is 323. The van der Waals surface area contributed by atoms with Gasteiger partial charge in [0.05, 0.1) is 0 Å². The summed E-state index contributed by atoms with van der Waals surface area (Å²) < 4.78 is 0. The fourth-order valence-corrected chi connectivity index (χ4v) is 2.49. The lowest BCUT2D eigenvalue weighted by atomic mass is 9.94. The van der Waals surface area contributed by atoms with E-state index in [0.717, 1.165) is 12.8 Å². The molecule has 0 aromatic rings. The minimum absolute atomic E-state index is 0.0699. The average molecular weight is 270 g/mol. The van der Waals surface area contributed by atoms with Crippen LogP contribution in [0.4, 0.5) is 4.79 Å². The molecule has 1 aliphatic carbocycles. The summed E-state index contributed by atoms with van der Waals surface area (Å²) in [5, 5.41) is 11.6. The zero-order chi connectivity index (χ0) is 14.5. The molecule has 2 N–H and O–H groups in total. The molecule has 1 saturated carbocycles. The van der Waals surface area contributed by atoms with Crippen molar-refractivity contribution in [1.29, 1.82) is 0 Å². The van der Waals surface area contributed by atoms with E-state index < -0.39 is 11.5 Å². The summed E-state index contributed by atoms with van der Waals surface area (Å²) in [7, 11) is 1.83. The second-order valence-corrected chi connectivity index (χ2v) is 6.11. The molecule has 1 aliphatic rings. The molecule has 0 spiro atoms. The summed E-state index contributed by atoms with van der Waals surface area (Å²) in [6.07, 6.45) is 6.28. The van der Waals surface area contributed by atoms with Gasteiger partial charge in [0.2, 0.25) is 0 Å². The van der Waals surface area contributed by atoms with Crippen LogP contribution >= 0.6 is 0 Å². The highest BCUT2D eigenvalue weighted by Crippen LogP contribution is 2.22. The van der Waals surface area contributed by atoms with E-state index in [0.29, 0.717) is 12.5 Å². The average Bonchev–Trinajstić information content (AvgIpc) is 2.36. The van der Waals surface area contributed by atoms with Crippen LogP contribution in [0.2, 0.25) is 0 Å². The fraction of sp³-hybridized carbons (Fsp3) is 0.857. The molecule has 0 aromatic heterocycles. The predicted octanol–water partition coefficient (Wildman–Crippen LogP) is 2.60. The Hall–Kier alpha value is -1.26. The number of carbonyl (C=O) groups is 2. The second-order valence-electron chi connectivity index (χ2n) is 6.11. The van der Waals surface area contributed by atoms with E-state index >= 15 is 0 Å². The molecule has 5 nitrogen and oxygen atoms in total. The summed E-state index contributed by atoms with van der Waals surface area (Å²) in [6.45, 7) is 3.73. The smallest absolute Gasteiger partial charge is 0.317 e. The topological polar surface area (TPSA) is 69.6 Å². The first-order valence-electron chi connectivity index (χ1n) is 7.08. The summed E-state index contributed by atoms with van der Waals surface area (Å²) in [5.41, 5.74) is -0.488. The normalized spacial score (nSPS) is 17.0. The van der Waals surface area contributed by atoms with Gasteiger partial charge in [-0.25, -0.2) is 4.79 Å². The van der Waals surface area contributed by atoms with Gasteiger partial charge in [-0.15, -0.1) is 0 Å². The zero-order valence-electron chi connectivity index (χ0n) is 12.2. The number of nitrogens with one attached hydrogen (secondary N) is 1. The third kappa shape index (κ3) is 5.49. The highest BCUT2D eigenvalue weighted by molar-refractivity contribution is 5.75. The predicted molar refractivity (Wildman–Crippen MR) is 74.1 cm³/mol. The molecule has 110 valence electrons. The molecule has 1 fully saturated rings. The van der Waals surface area contributed by atoms with Crippen molar-refractivity contribution in [2.75, 3.05) is 7.05 Å². The van der Waals surface area contributed by atoms with E-state index in [-0.39, 0.29) is 12.5 Å². The molecule has 0 aliphatic heterocycles. The SMILES string of the molecule is CN(C(=O)NC(C)(C)CCC(=O)O)C1CCCCC1. The van der Waals surface area contributed by atoms with Crippen molar-refractivity contribution in [3.05, 3.63) is 0 Å². The van der Waals surface area contributed by atoms with E-state index in [1.165, 1.54) is 19.3 Å². The maximum atomic E-state index is 12.2. The van der Waals surface area contributed by atoms with Crippen LogP contribution in [0, 0.1) is 0 Å². The van der Waals surface area contributed by atoms with Gasteiger partial charge in [-0.2, -0.15) is 0 Å². The van der Waals surface area contributed by atoms with Crippen molar-refractivity contribution < 1.29 is 14.7 Å². The van der Waals surface area contributed by atoms with Gasteiger partial charge in [-0.1, -0.05) is 19.3 Å². The number of urea groups is 1.